The zero-order valence-electron chi connectivity index (χ0n) is 10.3. The molecule has 2 aromatic rings. The highest BCUT2D eigenvalue weighted by atomic mass is 127. The highest BCUT2D eigenvalue weighted by Gasteiger charge is 2.23. The maximum Gasteiger partial charge on any atom is 0.330 e. The summed E-state index contributed by atoms with van der Waals surface area (Å²) in [5.41, 5.74) is 9.25. The summed E-state index contributed by atoms with van der Waals surface area (Å²) in [6, 6.07) is 5.73. The number of nitrogen functional groups attached to an aromatic ring is 1. The Morgan fingerprint density at radius 2 is 2.21 bits per heavy atom. The largest absolute Gasteiger partial charge is 1.00 e. The number of aryl methyl sites for hydroxylation is 2. The van der Waals surface area contributed by atoms with E-state index in [1.807, 2.05) is 18.2 Å². The molecule has 0 unspecified atom stereocenters. The second kappa shape index (κ2) is 5.46. The molecule has 6 heteroatoms. The summed E-state index contributed by atoms with van der Waals surface area (Å²) >= 11 is 1.61. The van der Waals surface area contributed by atoms with Crippen molar-refractivity contribution in [2.75, 3.05) is 5.73 Å². The molecule has 19 heavy (non-hydrogen) atoms. The van der Waals surface area contributed by atoms with Crippen molar-refractivity contribution in [2.45, 2.75) is 19.8 Å². The first-order chi connectivity index (χ1) is 8.63. The molecule has 0 atom stereocenters. The number of benzene rings is 1. The van der Waals surface area contributed by atoms with Gasteiger partial charge in [0.25, 0.3) is 0 Å². The van der Waals surface area contributed by atoms with Crippen LogP contribution in [0, 0.1) is 0 Å². The van der Waals surface area contributed by atoms with Crippen LogP contribution >= 0.6 is 11.3 Å². The number of thiazole rings is 1. The SMILES string of the molecule is CC(=O)Oc1ccc2c(c1)CCc1sc(N)[nH+]c1-2.[I-]. The first-order valence-corrected chi connectivity index (χ1v) is 6.57. The van der Waals surface area contributed by atoms with Gasteiger partial charge in [-0.15, -0.1) is 0 Å². The Morgan fingerprint density at radius 3 is 2.95 bits per heavy atom. The van der Waals surface area contributed by atoms with Crippen molar-refractivity contribution in [3.8, 4) is 17.0 Å². The molecule has 0 saturated carbocycles. The number of nitrogens with one attached hydrogen (secondary N) is 1. The van der Waals surface area contributed by atoms with Crippen LogP contribution in [-0.4, -0.2) is 5.97 Å². The number of esters is 1. The summed E-state index contributed by atoms with van der Waals surface area (Å²) < 4.78 is 5.10. The third kappa shape index (κ3) is 2.74. The fraction of sp³-hybridized carbons (Fsp3) is 0.231. The number of ether oxygens (including phenoxy) is 1. The van der Waals surface area contributed by atoms with E-state index in [2.05, 4.69) is 4.98 Å². The van der Waals surface area contributed by atoms with Crippen molar-refractivity contribution in [3.63, 3.8) is 0 Å². The van der Waals surface area contributed by atoms with Crippen molar-refractivity contribution in [1.82, 2.24) is 0 Å². The summed E-state index contributed by atoms with van der Waals surface area (Å²) in [6.45, 7) is 1.41. The molecule has 1 aromatic carbocycles. The van der Waals surface area contributed by atoms with Crippen molar-refractivity contribution in [3.05, 3.63) is 28.6 Å². The van der Waals surface area contributed by atoms with E-state index in [1.54, 1.807) is 11.3 Å². The van der Waals surface area contributed by atoms with E-state index in [9.17, 15) is 4.79 Å². The smallest absolute Gasteiger partial charge is 0.330 e. The summed E-state index contributed by atoms with van der Waals surface area (Å²) in [7, 11) is 0. The van der Waals surface area contributed by atoms with Gasteiger partial charge in [-0.25, -0.2) is 4.98 Å². The van der Waals surface area contributed by atoms with Crippen molar-refractivity contribution >= 4 is 22.4 Å². The third-order valence-corrected chi connectivity index (χ3v) is 3.97. The Bertz CT molecular complexity index is 640. The molecule has 0 amide bonds. The number of halogens is 1. The van der Waals surface area contributed by atoms with Crippen LogP contribution in [0.5, 0.6) is 5.75 Å². The summed E-state index contributed by atoms with van der Waals surface area (Å²) in [5.74, 6) is 0.311. The minimum Gasteiger partial charge on any atom is -1.00 e. The van der Waals surface area contributed by atoms with Gasteiger partial charge in [-0.3, -0.25) is 10.5 Å². The average molecular weight is 388 g/mol. The number of hydrogen-bond donors (Lipinski definition) is 1. The molecule has 0 bridgehead atoms. The van der Waals surface area contributed by atoms with Crippen molar-refractivity contribution < 1.29 is 38.5 Å². The zero-order chi connectivity index (χ0) is 12.7. The first-order valence-electron chi connectivity index (χ1n) is 5.75. The van der Waals surface area contributed by atoms with Crippen molar-refractivity contribution in [2.24, 2.45) is 0 Å². The lowest BCUT2D eigenvalue weighted by Crippen LogP contribution is -3.00. The lowest BCUT2D eigenvalue weighted by molar-refractivity contribution is -0.341. The van der Waals surface area contributed by atoms with Crippen LogP contribution in [0.25, 0.3) is 11.3 Å². The number of carbonyl (C=O) groups is 1. The van der Waals surface area contributed by atoms with Gasteiger partial charge in [0, 0.05) is 12.5 Å². The predicted octanol–water partition coefficient (Wildman–Crippen LogP) is -1.16. The van der Waals surface area contributed by atoms with Gasteiger partial charge in [-0.2, -0.15) is 0 Å². The Balaban J connectivity index is 0.00000133. The summed E-state index contributed by atoms with van der Waals surface area (Å²) in [6.07, 6.45) is 1.93. The van der Waals surface area contributed by atoms with E-state index in [1.165, 1.54) is 17.4 Å². The number of aromatic nitrogens is 1. The zero-order valence-corrected chi connectivity index (χ0v) is 13.3. The standard InChI is InChI=1S/C13H12N2O2S.HI/c1-7(16)17-9-3-4-10-8(6-9)2-5-11-12(10)15-13(14)18-11;/h3-4,6H,2,5H2,1H3,(H2,14,15);1H. The fourth-order valence-electron chi connectivity index (χ4n) is 2.29. The summed E-state index contributed by atoms with van der Waals surface area (Å²) in [5, 5.41) is 0.733. The lowest BCUT2D eigenvalue weighted by Gasteiger charge is -2.14. The maximum absolute atomic E-state index is 10.9. The van der Waals surface area contributed by atoms with Gasteiger partial charge in [0.05, 0.1) is 4.88 Å². The van der Waals surface area contributed by atoms with E-state index >= 15 is 0 Å². The van der Waals surface area contributed by atoms with Gasteiger partial charge in [0.15, 0.2) is 0 Å². The van der Waals surface area contributed by atoms with Crippen LogP contribution in [0.4, 0.5) is 5.13 Å². The fourth-order valence-corrected chi connectivity index (χ4v) is 3.18. The molecule has 1 aliphatic carbocycles. The van der Waals surface area contributed by atoms with Crippen LogP contribution in [-0.2, 0) is 17.6 Å². The van der Waals surface area contributed by atoms with Gasteiger partial charge >= 0.3 is 11.1 Å². The molecule has 100 valence electrons. The van der Waals surface area contributed by atoms with Crippen LogP contribution in [0.2, 0.25) is 0 Å². The number of H-pyrrole nitrogens is 1. The van der Waals surface area contributed by atoms with Gasteiger partial charge in [-0.05, 0) is 36.6 Å². The monoisotopic (exact) mass is 388 g/mol. The van der Waals surface area contributed by atoms with Crippen LogP contribution in [0.1, 0.15) is 17.4 Å². The number of nitrogens with two attached hydrogens (primary N) is 1. The van der Waals surface area contributed by atoms with Crippen LogP contribution < -0.4 is 39.4 Å². The third-order valence-electron chi connectivity index (χ3n) is 2.99. The molecule has 3 N–H and O–H groups in total. The van der Waals surface area contributed by atoms with E-state index in [4.69, 9.17) is 10.5 Å². The second-order valence-electron chi connectivity index (χ2n) is 4.30. The number of anilines is 1. The highest BCUT2D eigenvalue weighted by Crippen LogP contribution is 2.36. The minimum absolute atomic E-state index is 0. The van der Waals surface area contributed by atoms with E-state index in [-0.39, 0.29) is 29.9 Å². The summed E-state index contributed by atoms with van der Waals surface area (Å²) in [4.78, 5) is 15.4. The van der Waals surface area contributed by atoms with E-state index in [0.29, 0.717) is 5.75 Å². The number of carbonyl (C=O) groups excluding carboxylic acids is 1. The number of hydrogen-bond acceptors (Lipinski definition) is 4. The molecule has 1 aliphatic rings. The molecular weight excluding hydrogens is 375 g/mol. The highest BCUT2D eigenvalue weighted by molar-refractivity contribution is 7.15. The molecule has 0 radical (unpaired) electrons. The molecular formula is C13H13IN2O2S. The topological polar surface area (TPSA) is 66.5 Å². The van der Waals surface area contributed by atoms with Gasteiger partial charge in [0.1, 0.15) is 11.4 Å². The molecule has 0 saturated heterocycles. The Kier molecular flexibility index (Phi) is 4.10. The molecule has 4 nitrogen and oxygen atoms in total. The molecule has 0 spiro atoms. The number of aromatic amines is 1. The van der Waals surface area contributed by atoms with E-state index in [0.717, 1.165) is 29.2 Å². The molecule has 3 rings (SSSR count). The molecule has 0 fully saturated rings. The molecule has 1 aromatic heterocycles. The maximum atomic E-state index is 10.9. The average Bonchev–Trinajstić information content (AvgIpc) is 2.68. The number of rotatable bonds is 1. The van der Waals surface area contributed by atoms with E-state index < -0.39 is 0 Å². The lowest BCUT2D eigenvalue weighted by atomic mass is 9.93. The first kappa shape index (κ1) is 14.3. The Hall–Kier alpha value is -1.15. The number of fused-ring (bicyclic) bond motifs is 3. The van der Waals surface area contributed by atoms with Gasteiger partial charge < -0.3 is 28.7 Å². The Labute approximate surface area is 132 Å². The second-order valence-corrected chi connectivity index (χ2v) is 5.44. The molecule has 0 aliphatic heterocycles. The van der Waals surface area contributed by atoms with Crippen LogP contribution in [0.3, 0.4) is 0 Å². The quantitative estimate of drug-likeness (QED) is 0.381. The molecule has 1 heterocycles. The predicted molar refractivity (Wildman–Crippen MR) is 69.4 cm³/mol. The Morgan fingerprint density at radius 1 is 1.42 bits per heavy atom. The normalized spacial score (nSPS) is 12.1. The van der Waals surface area contributed by atoms with Gasteiger partial charge in [0.2, 0.25) is 0 Å². The van der Waals surface area contributed by atoms with Gasteiger partial charge in [-0.1, -0.05) is 11.3 Å². The minimum atomic E-state index is -0.294. The van der Waals surface area contributed by atoms with Crippen LogP contribution in [0.15, 0.2) is 18.2 Å². The van der Waals surface area contributed by atoms with Crippen molar-refractivity contribution in [1.29, 1.82) is 0 Å².